The Morgan fingerprint density at radius 2 is 1.87 bits per heavy atom. The van der Waals surface area contributed by atoms with Crippen LogP contribution in [0.15, 0.2) is 9.52 Å². The van der Waals surface area contributed by atoms with Gasteiger partial charge in [-0.15, -0.1) is 24.0 Å². The van der Waals surface area contributed by atoms with Gasteiger partial charge in [0.2, 0.25) is 5.89 Å². The van der Waals surface area contributed by atoms with Gasteiger partial charge in [-0.1, -0.05) is 52.1 Å². The van der Waals surface area contributed by atoms with E-state index in [2.05, 4.69) is 60.4 Å². The number of hydrogen-bond donors (Lipinski definition) is 2. The van der Waals surface area contributed by atoms with Gasteiger partial charge in [0.25, 0.3) is 0 Å². The summed E-state index contributed by atoms with van der Waals surface area (Å²) < 4.78 is 5.28. The molecule has 7 heteroatoms. The smallest absolute Gasteiger partial charge is 0.232 e. The lowest BCUT2D eigenvalue weighted by atomic mass is 9.97. The third kappa shape index (κ3) is 9.12. The average Bonchev–Trinajstić information content (AvgIpc) is 2.93. The van der Waals surface area contributed by atoms with Gasteiger partial charge in [-0.2, -0.15) is 4.98 Å². The summed E-state index contributed by atoms with van der Waals surface area (Å²) in [5, 5.41) is 10.6. The Kier molecular flexibility index (Phi) is 11.2. The summed E-state index contributed by atoms with van der Waals surface area (Å²) in [4.78, 5) is 8.90. The largest absolute Gasteiger partial charge is 0.357 e. The van der Waals surface area contributed by atoms with Crippen LogP contribution < -0.4 is 10.6 Å². The number of nitrogens with zero attached hydrogens (tertiary/aromatic N) is 3. The molecule has 2 N–H and O–H groups in total. The first kappa shape index (κ1) is 22.1. The Morgan fingerprint density at radius 3 is 2.43 bits per heavy atom. The first-order chi connectivity index (χ1) is 10.5. The lowest BCUT2D eigenvalue weighted by Gasteiger charge is -2.11. The third-order valence-corrected chi connectivity index (χ3v) is 3.16. The number of halogens is 1. The van der Waals surface area contributed by atoms with Crippen LogP contribution >= 0.6 is 24.0 Å². The zero-order valence-electron chi connectivity index (χ0n) is 15.1. The number of guanidine groups is 1. The average molecular weight is 437 g/mol. The number of aromatic nitrogens is 2. The van der Waals surface area contributed by atoms with Crippen LogP contribution in [0.25, 0.3) is 0 Å². The normalized spacial score (nSPS) is 12.0. The minimum absolute atomic E-state index is 0. The molecule has 0 radical (unpaired) electrons. The Morgan fingerprint density at radius 1 is 1.13 bits per heavy atom. The maximum Gasteiger partial charge on any atom is 0.232 e. The fraction of sp³-hybridized carbons (Fsp3) is 0.812. The second kappa shape index (κ2) is 11.6. The molecule has 0 unspecified atom stereocenters. The predicted molar refractivity (Wildman–Crippen MR) is 105 cm³/mol. The maximum atomic E-state index is 5.28. The molecular weight excluding hydrogens is 405 g/mol. The molecule has 0 spiro atoms. The van der Waals surface area contributed by atoms with Gasteiger partial charge in [-0.25, -0.2) is 4.99 Å². The van der Waals surface area contributed by atoms with Crippen molar-refractivity contribution in [3.05, 3.63) is 11.7 Å². The van der Waals surface area contributed by atoms with Crippen molar-refractivity contribution in [3.63, 3.8) is 0 Å². The van der Waals surface area contributed by atoms with Gasteiger partial charge in [-0.3, -0.25) is 0 Å². The van der Waals surface area contributed by atoms with Crippen molar-refractivity contribution in [2.45, 2.75) is 72.3 Å². The molecule has 0 amide bonds. The van der Waals surface area contributed by atoms with E-state index in [1.807, 2.05) is 0 Å². The molecule has 23 heavy (non-hydrogen) atoms. The van der Waals surface area contributed by atoms with Crippen molar-refractivity contribution in [1.29, 1.82) is 0 Å². The summed E-state index contributed by atoms with van der Waals surface area (Å²) in [6.45, 7) is 12.6. The number of unbranched alkanes of at least 4 members (excludes halogenated alkanes) is 3. The van der Waals surface area contributed by atoms with Crippen molar-refractivity contribution in [3.8, 4) is 0 Å². The minimum atomic E-state index is -0.128. The molecule has 0 aliphatic carbocycles. The van der Waals surface area contributed by atoms with Crippen LogP contribution in [0.5, 0.6) is 0 Å². The van der Waals surface area contributed by atoms with Crippen LogP contribution in [0.1, 0.15) is 72.0 Å². The van der Waals surface area contributed by atoms with Crippen molar-refractivity contribution in [1.82, 2.24) is 20.8 Å². The highest BCUT2D eigenvalue weighted by atomic mass is 127. The summed E-state index contributed by atoms with van der Waals surface area (Å²) in [6, 6.07) is 0. The second-order valence-electron chi connectivity index (χ2n) is 6.45. The zero-order chi connectivity index (χ0) is 16.4. The molecular formula is C16H32IN5O. The van der Waals surface area contributed by atoms with Crippen LogP contribution in [-0.2, 0) is 12.0 Å². The van der Waals surface area contributed by atoms with E-state index in [9.17, 15) is 0 Å². The van der Waals surface area contributed by atoms with E-state index in [0.29, 0.717) is 18.3 Å². The van der Waals surface area contributed by atoms with Crippen molar-refractivity contribution >= 4 is 29.9 Å². The van der Waals surface area contributed by atoms with E-state index in [1.165, 1.54) is 19.3 Å². The maximum absolute atomic E-state index is 5.28. The van der Waals surface area contributed by atoms with E-state index in [-0.39, 0.29) is 29.4 Å². The molecule has 0 aliphatic heterocycles. The second-order valence-corrected chi connectivity index (χ2v) is 6.45. The Labute approximate surface area is 157 Å². The molecule has 134 valence electrons. The summed E-state index contributed by atoms with van der Waals surface area (Å²) in [5.41, 5.74) is -0.128. The number of hydrogen-bond acceptors (Lipinski definition) is 4. The molecule has 0 atom stereocenters. The van der Waals surface area contributed by atoms with Crippen molar-refractivity contribution in [2.24, 2.45) is 4.99 Å². The highest BCUT2D eigenvalue weighted by Crippen LogP contribution is 2.19. The number of nitrogens with one attached hydrogen (secondary N) is 2. The van der Waals surface area contributed by atoms with Crippen LogP contribution in [0.4, 0.5) is 0 Å². The van der Waals surface area contributed by atoms with E-state index in [4.69, 9.17) is 4.52 Å². The molecule has 1 aromatic heterocycles. The Bertz CT molecular complexity index is 454. The molecule has 1 aromatic rings. The van der Waals surface area contributed by atoms with E-state index < -0.39 is 0 Å². The first-order valence-electron chi connectivity index (χ1n) is 8.32. The molecule has 0 saturated carbocycles. The minimum Gasteiger partial charge on any atom is -0.357 e. The number of rotatable bonds is 8. The van der Waals surface area contributed by atoms with Crippen molar-refractivity contribution in [2.75, 3.05) is 13.1 Å². The van der Waals surface area contributed by atoms with Crippen molar-refractivity contribution < 1.29 is 4.52 Å². The Hall–Kier alpha value is -0.860. The monoisotopic (exact) mass is 437 g/mol. The summed E-state index contributed by atoms with van der Waals surface area (Å²) in [6.07, 6.45) is 4.95. The fourth-order valence-corrected chi connectivity index (χ4v) is 1.87. The van der Waals surface area contributed by atoms with Gasteiger partial charge in [-0.05, 0) is 13.3 Å². The highest BCUT2D eigenvalue weighted by molar-refractivity contribution is 14.0. The van der Waals surface area contributed by atoms with Gasteiger partial charge in [0, 0.05) is 18.5 Å². The van der Waals surface area contributed by atoms with Gasteiger partial charge in [0.1, 0.15) is 6.54 Å². The van der Waals surface area contributed by atoms with E-state index in [0.717, 1.165) is 25.5 Å². The van der Waals surface area contributed by atoms with Gasteiger partial charge >= 0.3 is 0 Å². The van der Waals surface area contributed by atoms with Crippen LogP contribution in [-0.4, -0.2) is 29.2 Å². The third-order valence-electron chi connectivity index (χ3n) is 3.16. The predicted octanol–water partition coefficient (Wildman–Crippen LogP) is 3.62. The molecule has 0 aromatic carbocycles. The standard InChI is InChI=1S/C16H31N5O.HI/c1-6-8-9-10-11-18-15(17-7-2)19-12-13-20-14(22-21-13)16(3,4)5;/h6-12H2,1-5H3,(H2,17,18,19);1H. The zero-order valence-corrected chi connectivity index (χ0v) is 17.4. The molecule has 0 saturated heterocycles. The summed E-state index contributed by atoms with van der Waals surface area (Å²) in [5.74, 6) is 2.07. The molecule has 0 fully saturated rings. The highest BCUT2D eigenvalue weighted by Gasteiger charge is 2.21. The van der Waals surface area contributed by atoms with Gasteiger partial charge in [0.05, 0.1) is 0 Å². The van der Waals surface area contributed by atoms with Crippen LogP contribution in [0.2, 0.25) is 0 Å². The number of aliphatic imine (C=N–C) groups is 1. The van der Waals surface area contributed by atoms with E-state index >= 15 is 0 Å². The SMILES string of the molecule is CCCCCCNC(=NCc1noc(C(C)(C)C)n1)NCC.I. The molecule has 1 heterocycles. The molecule has 0 aliphatic rings. The molecule has 1 rings (SSSR count). The fourth-order valence-electron chi connectivity index (χ4n) is 1.87. The summed E-state index contributed by atoms with van der Waals surface area (Å²) >= 11 is 0. The van der Waals surface area contributed by atoms with Crippen LogP contribution in [0, 0.1) is 0 Å². The van der Waals surface area contributed by atoms with E-state index in [1.54, 1.807) is 0 Å². The lowest BCUT2D eigenvalue weighted by Crippen LogP contribution is -2.37. The molecule has 6 nitrogen and oxygen atoms in total. The van der Waals surface area contributed by atoms with Gasteiger partial charge < -0.3 is 15.2 Å². The lowest BCUT2D eigenvalue weighted by molar-refractivity contribution is 0.318. The topological polar surface area (TPSA) is 75.3 Å². The summed E-state index contributed by atoms with van der Waals surface area (Å²) in [7, 11) is 0. The first-order valence-corrected chi connectivity index (χ1v) is 8.32. The van der Waals surface area contributed by atoms with Crippen LogP contribution in [0.3, 0.4) is 0 Å². The quantitative estimate of drug-likeness (QED) is 0.281. The van der Waals surface area contributed by atoms with Gasteiger partial charge in [0.15, 0.2) is 11.8 Å². The molecule has 0 bridgehead atoms. The Balaban J connectivity index is 0.00000484.